The van der Waals surface area contributed by atoms with E-state index in [2.05, 4.69) is 5.10 Å². The smallest absolute Gasteiger partial charge is 0.330 e. The highest BCUT2D eigenvalue weighted by atomic mass is 16.6. The standard InChI is InChI=1S/C6H10N4O2/c1-8(2)6-5(10(11)12)4-9(3)7-6/h4H,1-3H3. The maximum Gasteiger partial charge on any atom is 0.330 e. The van der Waals surface area contributed by atoms with Crippen LogP contribution in [0.5, 0.6) is 0 Å². The number of aryl methyl sites for hydroxylation is 1. The van der Waals surface area contributed by atoms with Gasteiger partial charge in [-0.25, -0.2) is 0 Å². The SMILES string of the molecule is CN(C)c1nn(C)cc1[N+](=O)[O-]. The molecule has 0 N–H and O–H groups in total. The second-order valence-corrected chi connectivity index (χ2v) is 2.66. The highest BCUT2D eigenvalue weighted by Crippen LogP contribution is 2.23. The van der Waals surface area contributed by atoms with Crippen LogP contribution >= 0.6 is 0 Å². The van der Waals surface area contributed by atoms with Crippen molar-refractivity contribution in [1.29, 1.82) is 0 Å². The van der Waals surface area contributed by atoms with E-state index >= 15 is 0 Å². The van der Waals surface area contributed by atoms with Gasteiger partial charge in [-0.05, 0) is 0 Å². The van der Waals surface area contributed by atoms with Crippen LogP contribution in [0, 0.1) is 10.1 Å². The maximum atomic E-state index is 10.5. The number of nitrogens with zero attached hydrogens (tertiary/aromatic N) is 4. The van der Waals surface area contributed by atoms with E-state index in [4.69, 9.17) is 0 Å². The summed E-state index contributed by atoms with van der Waals surface area (Å²) in [6.07, 6.45) is 1.38. The Hall–Kier alpha value is -1.59. The van der Waals surface area contributed by atoms with Crippen molar-refractivity contribution in [3.63, 3.8) is 0 Å². The highest BCUT2D eigenvalue weighted by Gasteiger charge is 2.19. The van der Waals surface area contributed by atoms with E-state index in [-0.39, 0.29) is 5.69 Å². The molecule has 1 aromatic heterocycles. The van der Waals surface area contributed by atoms with Crippen molar-refractivity contribution in [1.82, 2.24) is 9.78 Å². The highest BCUT2D eigenvalue weighted by molar-refractivity contribution is 5.55. The third-order valence-corrected chi connectivity index (χ3v) is 1.41. The van der Waals surface area contributed by atoms with Gasteiger partial charge < -0.3 is 4.90 Å². The first-order chi connectivity index (χ1) is 5.52. The molecule has 0 spiro atoms. The Morgan fingerprint density at radius 3 is 2.58 bits per heavy atom. The van der Waals surface area contributed by atoms with Crippen LogP contribution in [-0.2, 0) is 7.05 Å². The fourth-order valence-corrected chi connectivity index (χ4v) is 0.912. The van der Waals surface area contributed by atoms with Crippen LogP contribution in [-0.4, -0.2) is 28.8 Å². The minimum atomic E-state index is -0.442. The van der Waals surface area contributed by atoms with Gasteiger partial charge in [0.05, 0.1) is 4.92 Å². The van der Waals surface area contributed by atoms with E-state index in [1.165, 1.54) is 10.9 Å². The van der Waals surface area contributed by atoms with Crippen molar-refractivity contribution >= 4 is 11.5 Å². The molecule has 0 atom stereocenters. The maximum absolute atomic E-state index is 10.5. The van der Waals surface area contributed by atoms with Crippen LogP contribution in [0.1, 0.15) is 0 Å². The van der Waals surface area contributed by atoms with Crippen LogP contribution in [0.2, 0.25) is 0 Å². The summed E-state index contributed by atoms with van der Waals surface area (Å²) in [6, 6.07) is 0. The molecule has 0 aromatic carbocycles. The van der Waals surface area contributed by atoms with Crippen molar-refractivity contribution < 1.29 is 4.92 Å². The molecule has 66 valence electrons. The van der Waals surface area contributed by atoms with Gasteiger partial charge in [0.25, 0.3) is 0 Å². The first-order valence-corrected chi connectivity index (χ1v) is 3.37. The number of nitro groups is 1. The molecule has 6 heteroatoms. The third kappa shape index (κ3) is 1.36. The van der Waals surface area contributed by atoms with E-state index in [1.54, 1.807) is 26.0 Å². The molecule has 0 aliphatic rings. The number of rotatable bonds is 2. The molecular weight excluding hydrogens is 160 g/mol. The van der Waals surface area contributed by atoms with Crippen LogP contribution in [0.25, 0.3) is 0 Å². The van der Waals surface area contributed by atoms with Gasteiger partial charge in [0, 0.05) is 21.1 Å². The Morgan fingerprint density at radius 1 is 1.67 bits per heavy atom. The van der Waals surface area contributed by atoms with Gasteiger partial charge in [-0.15, -0.1) is 5.10 Å². The van der Waals surface area contributed by atoms with Crippen molar-refractivity contribution in [2.45, 2.75) is 0 Å². The van der Waals surface area contributed by atoms with E-state index in [0.29, 0.717) is 5.82 Å². The zero-order chi connectivity index (χ0) is 9.30. The summed E-state index contributed by atoms with van der Waals surface area (Å²) in [5.74, 6) is 0.377. The Morgan fingerprint density at radius 2 is 2.25 bits per heavy atom. The third-order valence-electron chi connectivity index (χ3n) is 1.41. The summed E-state index contributed by atoms with van der Waals surface area (Å²) < 4.78 is 1.42. The zero-order valence-corrected chi connectivity index (χ0v) is 7.18. The molecule has 0 amide bonds. The fraction of sp³-hybridized carbons (Fsp3) is 0.500. The van der Waals surface area contributed by atoms with Crippen molar-refractivity contribution in [2.24, 2.45) is 7.05 Å². The van der Waals surface area contributed by atoms with Crippen LogP contribution in [0.4, 0.5) is 11.5 Å². The molecule has 1 rings (SSSR count). The lowest BCUT2D eigenvalue weighted by Gasteiger charge is -2.05. The zero-order valence-electron chi connectivity index (χ0n) is 7.18. The van der Waals surface area contributed by atoms with Crippen LogP contribution < -0.4 is 4.90 Å². The molecule has 6 nitrogen and oxygen atoms in total. The average molecular weight is 170 g/mol. The molecule has 0 aliphatic heterocycles. The van der Waals surface area contributed by atoms with Crippen molar-refractivity contribution in [2.75, 3.05) is 19.0 Å². The molecule has 12 heavy (non-hydrogen) atoms. The molecule has 0 unspecified atom stereocenters. The van der Waals surface area contributed by atoms with E-state index in [1.807, 2.05) is 0 Å². The second-order valence-electron chi connectivity index (χ2n) is 2.66. The summed E-state index contributed by atoms with van der Waals surface area (Å²) in [6.45, 7) is 0. The molecule has 0 fully saturated rings. The van der Waals surface area contributed by atoms with Crippen LogP contribution in [0.15, 0.2) is 6.20 Å². The largest absolute Gasteiger partial charge is 0.356 e. The number of hydrogen-bond acceptors (Lipinski definition) is 4. The Balaban J connectivity index is 3.17. The minimum absolute atomic E-state index is 0.0301. The van der Waals surface area contributed by atoms with Gasteiger partial charge in [0.15, 0.2) is 0 Å². The molecule has 0 saturated carbocycles. The molecular formula is C6H10N4O2. The lowest BCUT2D eigenvalue weighted by Crippen LogP contribution is -2.11. The van der Waals surface area contributed by atoms with Gasteiger partial charge >= 0.3 is 5.69 Å². The molecule has 0 saturated heterocycles. The first-order valence-electron chi connectivity index (χ1n) is 3.37. The van der Waals surface area contributed by atoms with Gasteiger partial charge in [-0.3, -0.25) is 14.8 Å². The summed E-state index contributed by atoms with van der Waals surface area (Å²) in [7, 11) is 5.09. The molecule has 0 aliphatic carbocycles. The lowest BCUT2D eigenvalue weighted by molar-refractivity contribution is -0.384. The first kappa shape index (κ1) is 8.51. The van der Waals surface area contributed by atoms with Gasteiger partial charge in [-0.1, -0.05) is 0 Å². The minimum Gasteiger partial charge on any atom is -0.356 e. The van der Waals surface area contributed by atoms with Gasteiger partial charge in [0.1, 0.15) is 6.20 Å². The average Bonchev–Trinajstić information content (AvgIpc) is 2.31. The summed E-state index contributed by atoms with van der Waals surface area (Å²) >= 11 is 0. The van der Waals surface area contributed by atoms with Gasteiger partial charge in [-0.2, -0.15) is 0 Å². The monoisotopic (exact) mass is 170 g/mol. The number of anilines is 1. The molecule has 0 radical (unpaired) electrons. The van der Waals surface area contributed by atoms with E-state index < -0.39 is 4.92 Å². The van der Waals surface area contributed by atoms with E-state index in [0.717, 1.165) is 0 Å². The number of hydrogen-bond donors (Lipinski definition) is 0. The number of aromatic nitrogens is 2. The lowest BCUT2D eigenvalue weighted by atomic mass is 10.5. The Kier molecular flexibility index (Phi) is 1.99. The van der Waals surface area contributed by atoms with E-state index in [9.17, 15) is 10.1 Å². The summed E-state index contributed by atoms with van der Waals surface area (Å²) in [5.41, 5.74) is 0.0301. The Labute approximate surface area is 69.5 Å². The fourth-order valence-electron chi connectivity index (χ4n) is 0.912. The van der Waals surface area contributed by atoms with Crippen molar-refractivity contribution in [3.05, 3.63) is 16.3 Å². The predicted molar refractivity (Wildman–Crippen MR) is 44.2 cm³/mol. The molecule has 1 heterocycles. The topological polar surface area (TPSA) is 64.2 Å². The summed E-state index contributed by atoms with van der Waals surface area (Å²) in [4.78, 5) is 11.6. The molecule has 1 aromatic rings. The second kappa shape index (κ2) is 2.80. The van der Waals surface area contributed by atoms with Gasteiger partial charge in [0.2, 0.25) is 5.82 Å². The predicted octanol–water partition coefficient (Wildman–Crippen LogP) is 0.394. The summed E-state index contributed by atoms with van der Waals surface area (Å²) in [5, 5.41) is 14.4. The normalized spacial score (nSPS) is 9.92. The quantitative estimate of drug-likeness (QED) is 0.476. The van der Waals surface area contributed by atoms with Crippen LogP contribution in [0.3, 0.4) is 0 Å². The molecule has 0 bridgehead atoms. The van der Waals surface area contributed by atoms with Crippen molar-refractivity contribution in [3.8, 4) is 0 Å². The Bertz CT molecular complexity index is 304.